The van der Waals surface area contributed by atoms with E-state index in [1.807, 2.05) is 18.4 Å². The number of rotatable bonds is 12. The molecule has 0 bridgehead atoms. The molecule has 0 amide bonds. The summed E-state index contributed by atoms with van der Waals surface area (Å²) in [5.41, 5.74) is 1.88. The Bertz CT molecular complexity index is 1030. The number of nitrogens with zero attached hydrogens (tertiary/aromatic N) is 2. The molecule has 178 valence electrons. The molecule has 0 saturated carbocycles. The van der Waals surface area contributed by atoms with E-state index in [0.717, 1.165) is 11.9 Å². The van der Waals surface area contributed by atoms with Crippen LogP contribution in [0.3, 0.4) is 0 Å². The van der Waals surface area contributed by atoms with Crippen molar-refractivity contribution in [2.75, 3.05) is 6.26 Å². The number of sulfonamides is 1. The van der Waals surface area contributed by atoms with Crippen molar-refractivity contribution in [2.45, 2.75) is 64.3 Å². The molecular formula is C21H29FN3NaO6S. The minimum atomic E-state index is -3.46. The minimum absolute atomic E-state index is 0. The van der Waals surface area contributed by atoms with Gasteiger partial charge < -0.3 is 24.7 Å². The maximum atomic E-state index is 13.4. The van der Waals surface area contributed by atoms with E-state index in [9.17, 15) is 32.9 Å². The first-order valence-electron chi connectivity index (χ1n) is 10.2. The summed E-state index contributed by atoms with van der Waals surface area (Å²) in [5.74, 6) is -1.37. The first-order valence-corrected chi connectivity index (χ1v) is 12.1. The molecule has 1 heterocycles. The summed E-state index contributed by atoms with van der Waals surface area (Å²) in [4.78, 5) is 15.2. The number of carbonyl (C=O) groups excluding carboxylic acids is 1. The Labute approximate surface area is 215 Å². The van der Waals surface area contributed by atoms with Gasteiger partial charge in [-0.2, -0.15) is 0 Å². The molecule has 0 aliphatic carbocycles. The average Bonchev–Trinajstić information content (AvgIpc) is 3.03. The van der Waals surface area contributed by atoms with Crippen LogP contribution in [0.2, 0.25) is 0 Å². The Morgan fingerprint density at radius 2 is 1.82 bits per heavy atom. The van der Waals surface area contributed by atoms with Crippen LogP contribution in [0.5, 0.6) is 0 Å². The van der Waals surface area contributed by atoms with Gasteiger partial charge in [-0.05, 0) is 43.0 Å². The Kier molecular flexibility index (Phi) is 11.6. The van der Waals surface area contributed by atoms with Crippen molar-refractivity contribution in [2.24, 2.45) is 0 Å². The number of benzene rings is 1. The van der Waals surface area contributed by atoms with Crippen molar-refractivity contribution in [1.82, 2.24) is 14.3 Å². The molecule has 1 aromatic heterocycles. The number of nitrogens with one attached hydrogen (secondary N) is 1. The van der Waals surface area contributed by atoms with Crippen LogP contribution in [0.4, 0.5) is 4.39 Å². The summed E-state index contributed by atoms with van der Waals surface area (Å²) >= 11 is 0. The van der Waals surface area contributed by atoms with Crippen molar-refractivity contribution in [3.05, 3.63) is 41.5 Å². The summed E-state index contributed by atoms with van der Waals surface area (Å²) in [6.07, 6.45) is -1.67. The zero-order valence-electron chi connectivity index (χ0n) is 19.3. The SMILES string of the molecule is CC(C)c1c(CNS(C)(=O)=O)nc(-c2ccc(F)cc2)n1CC[C@@H](O)C[C@@H](O)CC(=O)[O-].[Na+]. The largest absolute Gasteiger partial charge is 1.00 e. The summed E-state index contributed by atoms with van der Waals surface area (Å²) in [6, 6.07) is 5.71. The second-order valence-electron chi connectivity index (χ2n) is 8.08. The molecule has 0 aliphatic heterocycles. The first kappa shape index (κ1) is 29.7. The molecular weight excluding hydrogens is 464 g/mol. The third-order valence-corrected chi connectivity index (χ3v) is 5.54. The van der Waals surface area contributed by atoms with Gasteiger partial charge in [0.15, 0.2) is 0 Å². The minimum Gasteiger partial charge on any atom is -0.550 e. The Morgan fingerprint density at radius 1 is 1.21 bits per heavy atom. The molecule has 2 atom stereocenters. The molecule has 1 aromatic carbocycles. The molecule has 2 aromatic rings. The molecule has 0 saturated heterocycles. The molecule has 33 heavy (non-hydrogen) atoms. The maximum absolute atomic E-state index is 13.4. The van der Waals surface area contributed by atoms with E-state index in [4.69, 9.17) is 0 Å². The van der Waals surface area contributed by atoms with Crippen LogP contribution < -0.4 is 39.4 Å². The quantitative estimate of drug-likeness (QED) is 0.278. The van der Waals surface area contributed by atoms with E-state index in [1.165, 1.54) is 12.1 Å². The van der Waals surface area contributed by atoms with Gasteiger partial charge in [-0.1, -0.05) is 13.8 Å². The Balaban J connectivity index is 0.00000544. The van der Waals surface area contributed by atoms with Gasteiger partial charge in [0.1, 0.15) is 11.6 Å². The van der Waals surface area contributed by atoms with Crippen molar-refractivity contribution in [3.63, 3.8) is 0 Å². The topological polar surface area (TPSA) is 145 Å². The van der Waals surface area contributed by atoms with Crippen LogP contribution >= 0.6 is 0 Å². The monoisotopic (exact) mass is 493 g/mol. The molecule has 0 radical (unpaired) electrons. The summed E-state index contributed by atoms with van der Waals surface area (Å²) < 4.78 is 40.9. The van der Waals surface area contributed by atoms with Gasteiger partial charge in [-0.3, -0.25) is 0 Å². The third-order valence-electron chi connectivity index (χ3n) is 4.87. The zero-order chi connectivity index (χ0) is 24.1. The van der Waals surface area contributed by atoms with Gasteiger partial charge in [-0.15, -0.1) is 0 Å². The standard InChI is InChI=1S/C21H30FN3O6S.Na/c1-13(2)20-18(12-23-32(3,30)31)24-21(14-4-6-15(22)7-5-14)25(20)9-8-16(26)10-17(27)11-19(28)29;/h4-7,13,16-17,23,26-27H,8-12H2,1-3H3,(H,28,29);/q;+1/p-1/t16-,17-;/m1./s1. The van der Waals surface area contributed by atoms with E-state index < -0.39 is 40.4 Å². The molecule has 0 unspecified atom stereocenters. The van der Waals surface area contributed by atoms with Gasteiger partial charge in [0, 0.05) is 30.2 Å². The van der Waals surface area contributed by atoms with Gasteiger partial charge >= 0.3 is 29.6 Å². The van der Waals surface area contributed by atoms with E-state index in [1.54, 1.807) is 12.1 Å². The molecule has 9 nitrogen and oxygen atoms in total. The van der Waals surface area contributed by atoms with Crippen LogP contribution in [0.25, 0.3) is 11.4 Å². The van der Waals surface area contributed by atoms with Crippen LogP contribution in [-0.2, 0) is 27.9 Å². The Morgan fingerprint density at radius 3 is 2.33 bits per heavy atom. The first-order chi connectivity index (χ1) is 14.9. The van der Waals surface area contributed by atoms with Crippen LogP contribution in [0.15, 0.2) is 24.3 Å². The van der Waals surface area contributed by atoms with Gasteiger partial charge in [-0.25, -0.2) is 22.5 Å². The van der Waals surface area contributed by atoms with Gasteiger partial charge in [0.05, 0.1) is 30.7 Å². The summed E-state index contributed by atoms with van der Waals surface area (Å²) in [7, 11) is -3.46. The van der Waals surface area contributed by atoms with Gasteiger partial charge in [0.2, 0.25) is 10.0 Å². The molecule has 0 fully saturated rings. The van der Waals surface area contributed by atoms with E-state index in [0.29, 0.717) is 17.1 Å². The number of aliphatic carboxylic acids is 1. The number of aliphatic hydroxyl groups excluding tert-OH is 2. The predicted octanol–water partition coefficient (Wildman–Crippen LogP) is -2.49. The fraction of sp³-hybridized carbons (Fsp3) is 0.524. The molecule has 2 rings (SSSR count). The number of imidazole rings is 1. The van der Waals surface area contributed by atoms with E-state index in [-0.39, 0.29) is 61.4 Å². The van der Waals surface area contributed by atoms with Crippen molar-refractivity contribution >= 4 is 16.0 Å². The third kappa shape index (κ3) is 9.44. The number of hydrogen-bond acceptors (Lipinski definition) is 7. The second-order valence-corrected chi connectivity index (χ2v) is 9.92. The number of aliphatic hydroxyl groups is 2. The average molecular weight is 494 g/mol. The molecule has 12 heteroatoms. The number of carboxylic acid groups (broad SMARTS) is 1. The van der Waals surface area contributed by atoms with Crippen molar-refractivity contribution in [3.8, 4) is 11.4 Å². The van der Waals surface area contributed by atoms with E-state index >= 15 is 0 Å². The van der Waals surface area contributed by atoms with Crippen LogP contribution in [0.1, 0.15) is 50.4 Å². The Hall–Kier alpha value is -1.34. The van der Waals surface area contributed by atoms with Gasteiger partial charge in [0.25, 0.3) is 0 Å². The normalized spacial score (nSPS) is 13.5. The smallest absolute Gasteiger partial charge is 0.550 e. The zero-order valence-corrected chi connectivity index (χ0v) is 22.1. The number of hydrogen-bond donors (Lipinski definition) is 3. The van der Waals surface area contributed by atoms with Crippen LogP contribution in [0, 0.1) is 5.82 Å². The number of carbonyl (C=O) groups is 1. The maximum Gasteiger partial charge on any atom is 1.00 e. The predicted molar refractivity (Wildman–Crippen MR) is 114 cm³/mol. The molecule has 0 spiro atoms. The fourth-order valence-corrected chi connectivity index (χ4v) is 3.92. The second kappa shape index (κ2) is 12.9. The van der Waals surface area contributed by atoms with Crippen molar-refractivity contribution < 1.29 is 62.5 Å². The summed E-state index contributed by atoms with van der Waals surface area (Å²) in [6.45, 7) is 4.09. The number of carboxylic acids is 1. The van der Waals surface area contributed by atoms with Crippen molar-refractivity contribution in [1.29, 1.82) is 0 Å². The molecule has 0 aliphatic rings. The fourth-order valence-electron chi connectivity index (χ4n) is 3.52. The number of halogens is 1. The number of aromatic nitrogens is 2. The molecule has 3 N–H and O–H groups in total. The summed E-state index contributed by atoms with van der Waals surface area (Å²) in [5, 5.41) is 30.6. The van der Waals surface area contributed by atoms with Crippen LogP contribution in [-0.4, -0.2) is 52.6 Å². The van der Waals surface area contributed by atoms with E-state index in [2.05, 4.69) is 9.71 Å².